The quantitative estimate of drug-likeness (QED) is 0.235. The Labute approximate surface area is 181 Å². The summed E-state index contributed by atoms with van der Waals surface area (Å²) in [4.78, 5) is 16.2. The van der Waals surface area contributed by atoms with Crippen LogP contribution in [0.2, 0.25) is 5.02 Å². The Morgan fingerprint density at radius 3 is 2.41 bits per heavy atom. The zero-order valence-corrected chi connectivity index (χ0v) is 18.4. The summed E-state index contributed by atoms with van der Waals surface area (Å²) in [5.74, 6) is 1.26. The molecule has 0 saturated carbocycles. The highest BCUT2D eigenvalue weighted by Crippen LogP contribution is 2.16. The number of halogens is 2. The summed E-state index contributed by atoms with van der Waals surface area (Å²) in [5.41, 5.74) is 1.50. The first-order valence-corrected chi connectivity index (χ1v) is 8.62. The second kappa shape index (κ2) is 12.4. The van der Waals surface area contributed by atoms with Gasteiger partial charge in [-0.05, 0) is 18.2 Å². The molecule has 0 spiro atoms. The number of hydrogen-bond acceptors (Lipinski definition) is 3. The Morgan fingerprint density at radius 1 is 1.04 bits per heavy atom. The van der Waals surface area contributed by atoms with Crippen LogP contribution in [0.4, 0.5) is 0 Å². The molecule has 0 saturated heterocycles. The molecule has 0 aliphatic carbocycles. The Balaban J connectivity index is 0.00000364. The SMILES string of the molecule is CN=C(NCCNC(=O)c1ccccc1Cl)NCc1ccccc1OC.I. The first-order valence-electron chi connectivity index (χ1n) is 8.25. The van der Waals surface area contributed by atoms with Gasteiger partial charge in [0.1, 0.15) is 5.75 Å². The third-order valence-corrected chi connectivity index (χ3v) is 4.01. The van der Waals surface area contributed by atoms with E-state index in [1.165, 1.54) is 0 Å². The maximum atomic E-state index is 12.1. The number of ether oxygens (including phenoxy) is 1. The molecule has 0 radical (unpaired) electrons. The number of amides is 1. The lowest BCUT2D eigenvalue weighted by Crippen LogP contribution is -2.41. The van der Waals surface area contributed by atoms with Crippen LogP contribution < -0.4 is 20.7 Å². The van der Waals surface area contributed by atoms with Gasteiger partial charge < -0.3 is 20.7 Å². The molecular weight excluding hydrogens is 479 g/mol. The summed E-state index contributed by atoms with van der Waals surface area (Å²) in [5, 5.41) is 9.62. The number of para-hydroxylation sites is 1. The van der Waals surface area contributed by atoms with Gasteiger partial charge in [-0.2, -0.15) is 0 Å². The van der Waals surface area contributed by atoms with Crippen molar-refractivity contribution in [2.45, 2.75) is 6.54 Å². The molecule has 2 aromatic carbocycles. The van der Waals surface area contributed by atoms with Crippen molar-refractivity contribution in [1.29, 1.82) is 0 Å². The number of carbonyl (C=O) groups is 1. The van der Waals surface area contributed by atoms with Crippen molar-refractivity contribution < 1.29 is 9.53 Å². The van der Waals surface area contributed by atoms with Gasteiger partial charge in [-0.3, -0.25) is 9.79 Å². The fraction of sp³-hybridized carbons (Fsp3) is 0.263. The number of aliphatic imine (C=N–C) groups is 1. The third kappa shape index (κ3) is 7.26. The molecule has 8 heteroatoms. The summed E-state index contributed by atoms with van der Waals surface area (Å²) in [7, 11) is 3.34. The summed E-state index contributed by atoms with van der Waals surface area (Å²) in [6.07, 6.45) is 0. The predicted molar refractivity (Wildman–Crippen MR) is 120 cm³/mol. The average Bonchev–Trinajstić information content (AvgIpc) is 2.67. The Morgan fingerprint density at radius 2 is 1.70 bits per heavy atom. The monoisotopic (exact) mass is 502 g/mol. The molecule has 3 N–H and O–H groups in total. The molecule has 0 aliphatic rings. The lowest BCUT2D eigenvalue weighted by molar-refractivity contribution is 0.0954. The van der Waals surface area contributed by atoms with Crippen LogP contribution in [-0.2, 0) is 6.54 Å². The van der Waals surface area contributed by atoms with E-state index in [9.17, 15) is 4.79 Å². The third-order valence-electron chi connectivity index (χ3n) is 3.68. The summed E-state index contributed by atoms with van der Waals surface area (Å²) in [6.45, 7) is 1.55. The van der Waals surface area contributed by atoms with Crippen LogP contribution in [-0.4, -0.2) is 39.1 Å². The molecule has 2 aromatic rings. The number of rotatable bonds is 7. The minimum absolute atomic E-state index is 0. The van der Waals surface area contributed by atoms with Crippen LogP contribution in [0, 0.1) is 0 Å². The van der Waals surface area contributed by atoms with Gasteiger partial charge in [-0.25, -0.2) is 0 Å². The number of guanidine groups is 1. The van der Waals surface area contributed by atoms with Gasteiger partial charge in [0.25, 0.3) is 5.91 Å². The fourth-order valence-electron chi connectivity index (χ4n) is 2.35. The van der Waals surface area contributed by atoms with Crippen LogP contribution in [0.5, 0.6) is 5.75 Å². The Bertz CT molecular complexity index is 771. The molecule has 0 aliphatic heterocycles. The first-order chi connectivity index (χ1) is 12.7. The molecule has 1 amide bonds. The molecule has 6 nitrogen and oxygen atoms in total. The normalized spacial score (nSPS) is 10.6. The highest BCUT2D eigenvalue weighted by atomic mass is 127. The first kappa shape index (κ1) is 23.0. The van der Waals surface area contributed by atoms with Crippen molar-refractivity contribution in [3.05, 3.63) is 64.7 Å². The number of hydrogen-bond donors (Lipinski definition) is 3. The second-order valence-corrected chi connectivity index (χ2v) is 5.81. The van der Waals surface area contributed by atoms with Crippen molar-refractivity contribution in [2.75, 3.05) is 27.2 Å². The van der Waals surface area contributed by atoms with Gasteiger partial charge in [0.15, 0.2) is 5.96 Å². The van der Waals surface area contributed by atoms with Crippen molar-refractivity contribution in [3.8, 4) is 5.75 Å². The molecule has 0 bridgehead atoms. The molecule has 0 heterocycles. The summed E-state index contributed by atoms with van der Waals surface area (Å²) >= 11 is 6.01. The molecular formula is C19H24ClIN4O2. The Kier molecular flexibility index (Phi) is 10.6. The van der Waals surface area contributed by atoms with Gasteiger partial charge in [0.05, 0.1) is 17.7 Å². The summed E-state index contributed by atoms with van der Waals surface area (Å²) in [6, 6.07) is 14.7. The van der Waals surface area contributed by atoms with Gasteiger partial charge in [0.2, 0.25) is 0 Å². The smallest absolute Gasteiger partial charge is 0.252 e. The van der Waals surface area contributed by atoms with Crippen molar-refractivity contribution in [1.82, 2.24) is 16.0 Å². The zero-order chi connectivity index (χ0) is 18.8. The van der Waals surface area contributed by atoms with E-state index in [1.54, 1.807) is 38.4 Å². The summed E-state index contributed by atoms with van der Waals surface area (Å²) < 4.78 is 5.33. The van der Waals surface area contributed by atoms with Gasteiger partial charge in [-0.15, -0.1) is 24.0 Å². The molecule has 0 atom stereocenters. The maximum absolute atomic E-state index is 12.1. The van der Waals surface area contributed by atoms with E-state index in [-0.39, 0.29) is 29.9 Å². The van der Waals surface area contributed by atoms with E-state index >= 15 is 0 Å². The van der Waals surface area contributed by atoms with E-state index in [2.05, 4.69) is 20.9 Å². The molecule has 146 valence electrons. The number of methoxy groups -OCH3 is 1. The molecule has 2 rings (SSSR count). The molecule has 0 unspecified atom stereocenters. The largest absolute Gasteiger partial charge is 0.496 e. The van der Waals surface area contributed by atoms with Crippen LogP contribution in [0.3, 0.4) is 0 Å². The lowest BCUT2D eigenvalue weighted by Gasteiger charge is -2.14. The predicted octanol–water partition coefficient (Wildman–Crippen LogP) is 3.06. The van der Waals surface area contributed by atoms with E-state index in [1.807, 2.05) is 24.3 Å². The van der Waals surface area contributed by atoms with Gasteiger partial charge in [0, 0.05) is 32.2 Å². The van der Waals surface area contributed by atoms with Crippen molar-refractivity contribution in [2.24, 2.45) is 4.99 Å². The standard InChI is InChI=1S/C19H23ClN4O2.HI/c1-21-19(24-13-14-7-3-6-10-17(14)26-2)23-12-11-22-18(25)15-8-4-5-9-16(15)20;/h3-10H,11-13H2,1-2H3,(H,22,25)(H2,21,23,24);1H. The zero-order valence-electron chi connectivity index (χ0n) is 15.3. The van der Waals surface area contributed by atoms with Crippen LogP contribution in [0.25, 0.3) is 0 Å². The van der Waals surface area contributed by atoms with Crippen molar-refractivity contribution >= 4 is 47.4 Å². The Hall–Kier alpha value is -2.00. The van der Waals surface area contributed by atoms with E-state index in [0.717, 1.165) is 11.3 Å². The topological polar surface area (TPSA) is 74.8 Å². The minimum atomic E-state index is -0.200. The fourth-order valence-corrected chi connectivity index (χ4v) is 2.57. The highest BCUT2D eigenvalue weighted by molar-refractivity contribution is 14.0. The lowest BCUT2D eigenvalue weighted by atomic mass is 10.2. The van der Waals surface area contributed by atoms with E-state index in [0.29, 0.717) is 36.2 Å². The molecule has 27 heavy (non-hydrogen) atoms. The van der Waals surface area contributed by atoms with Gasteiger partial charge >= 0.3 is 0 Å². The average molecular weight is 503 g/mol. The van der Waals surface area contributed by atoms with E-state index in [4.69, 9.17) is 16.3 Å². The van der Waals surface area contributed by atoms with Crippen LogP contribution in [0.15, 0.2) is 53.5 Å². The number of benzene rings is 2. The second-order valence-electron chi connectivity index (χ2n) is 5.40. The number of carbonyl (C=O) groups excluding carboxylic acids is 1. The van der Waals surface area contributed by atoms with Crippen LogP contribution >= 0.6 is 35.6 Å². The highest BCUT2D eigenvalue weighted by Gasteiger charge is 2.08. The molecule has 0 aromatic heterocycles. The van der Waals surface area contributed by atoms with Gasteiger partial charge in [-0.1, -0.05) is 41.9 Å². The molecule has 0 fully saturated rings. The van der Waals surface area contributed by atoms with Crippen molar-refractivity contribution in [3.63, 3.8) is 0 Å². The minimum Gasteiger partial charge on any atom is -0.496 e. The van der Waals surface area contributed by atoms with E-state index < -0.39 is 0 Å². The number of nitrogens with zero attached hydrogens (tertiary/aromatic N) is 1. The van der Waals surface area contributed by atoms with Crippen LogP contribution in [0.1, 0.15) is 15.9 Å². The maximum Gasteiger partial charge on any atom is 0.252 e. The number of nitrogens with one attached hydrogen (secondary N) is 3.